The Kier molecular flexibility index (Phi) is 4.05. The molecule has 0 saturated carbocycles. The summed E-state index contributed by atoms with van der Waals surface area (Å²) in [6.07, 6.45) is 0. The van der Waals surface area contributed by atoms with E-state index in [2.05, 4.69) is 0 Å². The Bertz CT molecular complexity index is 564. The first-order valence-electron chi connectivity index (χ1n) is 5.59. The lowest BCUT2D eigenvalue weighted by molar-refractivity contribution is 0.0987. The third kappa shape index (κ3) is 2.74. The third-order valence-electron chi connectivity index (χ3n) is 2.71. The van der Waals surface area contributed by atoms with E-state index in [9.17, 15) is 4.79 Å². The van der Waals surface area contributed by atoms with Crippen LogP contribution >= 0.6 is 23.2 Å². The van der Waals surface area contributed by atoms with E-state index in [1.165, 1.54) is 0 Å². The molecule has 1 nitrogen and oxygen atoms in total. The Morgan fingerprint density at radius 2 is 1.78 bits per heavy atom. The highest BCUT2D eigenvalue weighted by Crippen LogP contribution is 2.28. The van der Waals surface area contributed by atoms with E-state index in [0.717, 1.165) is 11.1 Å². The molecule has 2 aromatic carbocycles. The number of hydrogen-bond acceptors (Lipinski definition) is 1. The van der Waals surface area contributed by atoms with Crippen LogP contribution in [0.5, 0.6) is 0 Å². The predicted octanol–water partition coefficient (Wildman–Crippen LogP) is 4.81. The molecule has 0 radical (unpaired) electrons. The fourth-order valence-corrected chi connectivity index (χ4v) is 2.21. The van der Waals surface area contributed by atoms with Gasteiger partial charge in [-0.25, -0.2) is 0 Å². The van der Waals surface area contributed by atoms with Crippen molar-refractivity contribution in [1.29, 1.82) is 0 Å². The molecule has 2 rings (SSSR count). The molecule has 92 valence electrons. The quantitative estimate of drug-likeness (QED) is 0.582. The summed E-state index contributed by atoms with van der Waals surface area (Å²) in [5, 5.41) is -0.266. The Morgan fingerprint density at radius 3 is 2.44 bits per heavy atom. The number of hydrogen-bond donors (Lipinski definition) is 0. The first kappa shape index (κ1) is 13.1. The number of carbonyl (C=O) groups excluding carboxylic acids is 1. The molecule has 1 atom stereocenters. The number of alkyl halides is 1. The fraction of sp³-hybridized carbons (Fsp3) is 0.133. The lowest BCUT2D eigenvalue weighted by Gasteiger charge is -2.10. The van der Waals surface area contributed by atoms with Crippen molar-refractivity contribution in [3.8, 4) is 0 Å². The molecule has 0 heterocycles. The van der Waals surface area contributed by atoms with Gasteiger partial charge in [-0.05, 0) is 24.6 Å². The first-order valence-corrected chi connectivity index (χ1v) is 6.40. The van der Waals surface area contributed by atoms with Crippen LogP contribution in [0.3, 0.4) is 0 Å². The summed E-state index contributed by atoms with van der Waals surface area (Å²) < 4.78 is 0. The van der Waals surface area contributed by atoms with Gasteiger partial charge in [0.1, 0.15) is 5.38 Å². The van der Waals surface area contributed by atoms with E-state index < -0.39 is 5.38 Å². The van der Waals surface area contributed by atoms with Crippen molar-refractivity contribution in [3.63, 3.8) is 0 Å². The number of ketones is 1. The van der Waals surface area contributed by atoms with E-state index in [1.54, 1.807) is 12.1 Å². The minimum Gasteiger partial charge on any atom is -0.292 e. The molecule has 0 bridgehead atoms. The zero-order chi connectivity index (χ0) is 13.1. The molecule has 0 aliphatic carbocycles. The number of halogens is 2. The number of Topliss-reactive ketones (excluding diaryl/α,β-unsaturated/α-hetero) is 1. The normalized spacial score (nSPS) is 12.2. The van der Waals surface area contributed by atoms with Crippen molar-refractivity contribution in [1.82, 2.24) is 0 Å². The van der Waals surface area contributed by atoms with Crippen LogP contribution in [0.15, 0.2) is 48.5 Å². The number of benzene rings is 2. The summed E-state index contributed by atoms with van der Waals surface area (Å²) in [4.78, 5) is 12.3. The zero-order valence-corrected chi connectivity index (χ0v) is 11.4. The maximum Gasteiger partial charge on any atom is 0.186 e. The molecule has 1 unspecified atom stereocenters. The molecule has 0 aromatic heterocycles. The van der Waals surface area contributed by atoms with Crippen molar-refractivity contribution in [2.24, 2.45) is 0 Å². The average Bonchev–Trinajstić information content (AvgIpc) is 2.41. The van der Waals surface area contributed by atoms with Crippen molar-refractivity contribution >= 4 is 29.0 Å². The van der Waals surface area contributed by atoms with Gasteiger partial charge >= 0.3 is 0 Å². The van der Waals surface area contributed by atoms with E-state index in [4.69, 9.17) is 23.2 Å². The van der Waals surface area contributed by atoms with Crippen LogP contribution in [-0.2, 0) is 0 Å². The second-order valence-corrected chi connectivity index (χ2v) is 4.96. The van der Waals surface area contributed by atoms with E-state index in [1.807, 2.05) is 43.3 Å². The van der Waals surface area contributed by atoms with E-state index in [0.29, 0.717) is 10.6 Å². The van der Waals surface area contributed by atoms with Gasteiger partial charge < -0.3 is 0 Å². The van der Waals surface area contributed by atoms with E-state index in [-0.39, 0.29) is 5.78 Å². The molecule has 0 aliphatic rings. The summed E-state index contributed by atoms with van der Waals surface area (Å²) in [6.45, 7) is 1.92. The molecule has 3 heteroatoms. The largest absolute Gasteiger partial charge is 0.292 e. The number of rotatable bonds is 3. The monoisotopic (exact) mass is 278 g/mol. The molecule has 18 heavy (non-hydrogen) atoms. The van der Waals surface area contributed by atoms with Crippen LogP contribution in [0.25, 0.3) is 0 Å². The second-order valence-electron chi connectivity index (χ2n) is 4.12. The minimum atomic E-state index is -0.703. The zero-order valence-electron chi connectivity index (χ0n) is 9.86. The maximum atomic E-state index is 12.3. The molecule has 0 amide bonds. The van der Waals surface area contributed by atoms with Gasteiger partial charge in [0.15, 0.2) is 5.78 Å². The molecule has 0 N–H and O–H groups in total. The Morgan fingerprint density at radius 1 is 1.11 bits per heavy atom. The molecule has 0 aliphatic heterocycles. The Labute approximate surface area is 116 Å². The predicted molar refractivity (Wildman–Crippen MR) is 75.6 cm³/mol. The van der Waals surface area contributed by atoms with Crippen LogP contribution in [0, 0.1) is 6.92 Å². The van der Waals surface area contributed by atoms with E-state index >= 15 is 0 Å². The molecular weight excluding hydrogens is 267 g/mol. The maximum absolute atomic E-state index is 12.3. The standard InChI is InChI=1S/C15H12Cl2O/c1-10-7-8-13(16)12(9-10)15(18)14(17)11-5-3-2-4-6-11/h2-9,14H,1H3. The first-order chi connectivity index (χ1) is 8.59. The smallest absolute Gasteiger partial charge is 0.186 e. The molecule has 0 spiro atoms. The SMILES string of the molecule is Cc1ccc(Cl)c(C(=O)C(Cl)c2ccccc2)c1. The number of carbonyl (C=O) groups is 1. The van der Waals surface area contributed by atoms with Gasteiger partial charge in [-0.1, -0.05) is 53.6 Å². The van der Waals surface area contributed by atoms with Gasteiger partial charge in [0, 0.05) is 5.56 Å². The summed E-state index contributed by atoms with van der Waals surface area (Å²) in [5.41, 5.74) is 2.24. The average molecular weight is 279 g/mol. The lowest BCUT2D eigenvalue weighted by atomic mass is 10.0. The van der Waals surface area contributed by atoms with Crippen LogP contribution in [0.1, 0.15) is 26.9 Å². The Balaban J connectivity index is 2.34. The van der Waals surface area contributed by atoms with Gasteiger partial charge in [-0.2, -0.15) is 0 Å². The molecule has 0 fully saturated rings. The summed E-state index contributed by atoms with van der Waals surface area (Å²) in [6, 6.07) is 14.6. The third-order valence-corrected chi connectivity index (χ3v) is 3.49. The second kappa shape index (κ2) is 5.55. The highest BCUT2D eigenvalue weighted by molar-refractivity contribution is 6.38. The van der Waals surface area contributed by atoms with Gasteiger partial charge in [0.25, 0.3) is 0 Å². The van der Waals surface area contributed by atoms with Crippen LogP contribution < -0.4 is 0 Å². The van der Waals surface area contributed by atoms with Crippen LogP contribution in [-0.4, -0.2) is 5.78 Å². The van der Waals surface area contributed by atoms with Gasteiger partial charge in [0.2, 0.25) is 0 Å². The molecule has 2 aromatic rings. The molecule has 0 saturated heterocycles. The molecular formula is C15H12Cl2O. The van der Waals surface area contributed by atoms with Gasteiger partial charge in [-0.3, -0.25) is 4.79 Å². The summed E-state index contributed by atoms with van der Waals surface area (Å²) >= 11 is 12.3. The van der Waals surface area contributed by atoms with Crippen LogP contribution in [0.2, 0.25) is 5.02 Å². The van der Waals surface area contributed by atoms with Crippen molar-refractivity contribution in [3.05, 3.63) is 70.2 Å². The lowest BCUT2D eigenvalue weighted by Crippen LogP contribution is -2.08. The van der Waals surface area contributed by atoms with Crippen molar-refractivity contribution < 1.29 is 4.79 Å². The van der Waals surface area contributed by atoms with Crippen molar-refractivity contribution in [2.75, 3.05) is 0 Å². The van der Waals surface area contributed by atoms with Crippen molar-refractivity contribution in [2.45, 2.75) is 12.3 Å². The highest BCUT2D eigenvalue weighted by Gasteiger charge is 2.21. The van der Waals surface area contributed by atoms with Gasteiger partial charge in [-0.15, -0.1) is 11.6 Å². The topological polar surface area (TPSA) is 17.1 Å². The fourth-order valence-electron chi connectivity index (χ4n) is 1.74. The Hall–Kier alpha value is -1.31. The summed E-state index contributed by atoms with van der Waals surface area (Å²) in [7, 11) is 0. The van der Waals surface area contributed by atoms with Crippen LogP contribution in [0.4, 0.5) is 0 Å². The highest BCUT2D eigenvalue weighted by atomic mass is 35.5. The number of aryl methyl sites for hydroxylation is 1. The minimum absolute atomic E-state index is 0.170. The van der Waals surface area contributed by atoms with Gasteiger partial charge in [0.05, 0.1) is 5.02 Å². The summed E-state index contributed by atoms with van der Waals surface area (Å²) in [5.74, 6) is -0.170.